The standard InChI is InChI=1S/C15H19N3O2S/c1-4-20-15(19)10-5-6-11-12(7-10)21-14(18-11)13-8(2)16-9(3)17-13/h10H,4-7H2,1-3H3,(H,16,17). The van der Waals surface area contributed by atoms with Crippen LogP contribution in [0.1, 0.15) is 35.4 Å². The Bertz CT molecular complexity index is 675. The number of hydrogen-bond acceptors (Lipinski definition) is 5. The molecule has 0 bridgehead atoms. The third kappa shape index (κ3) is 2.72. The van der Waals surface area contributed by atoms with Gasteiger partial charge in [-0.15, -0.1) is 11.3 Å². The number of aromatic amines is 1. The first-order valence-electron chi connectivity index (χ1n) is 7.27. The molecular weight excluding hydrogens is 286 g/mol. The van der Waals surface area contributed by atoms with Crippen molar-refractivity contribution >= 4 is 17.3 Å². The minimum Gasteiger partial charge on any atom is -0.466 e. The van der Waals surface area contributed by atoms with Gasteiger partial charge in [-0.25, -0.2) is 9.97 Å². The summed E-state index contributed by atoms with van der Waals surface area (Å²) in [5.74, 6) is 0.803. The first kappa shape index (κ1) is 14.3. The summed E-state index contributed by atoms with van der Waals surface area (Å²) < 4.78 is 5.14. The zero-order valence-corrected chi connectivity index (χ0v) is 13.3. The number of thiazole rings is 1. The van der Waals surface area contributed by atoms with Gasteiger partial charge in [0.2, 0.25) is 0 Å². The van der Waals surface area contributed by atoms with E-state index in [9.17, 15) is 4.79 Å². The van der Waals surface area contributed by atoms with Crippen LogP contribution in [0.5, 0.6) is 0 Å². The fourth-order valence-electron chi connectivity index (χ4n) is 2.76. The number of aromatic nitrogens is 3. The number of nitrogens with zero attached hydrogens (tertiary/aromatic N) is 2. The van der Waals surface area contributed by atoms with Gasteiger partial charge in [0.05, 0.1) is 18.2 Å². The number of esters is 1. The highest BCUT2D eigenvalue weighted by atomic mass is 32.1. The molecule has 21 heavy (non-hydrogen) atoms. The van der Waals surface area contributed by atoms with E-state index in [-0.39, 0.29) is 11.9 Å². The highest BCUT2D eigenvalue weighted by Crippen LogP contribution is 2.35. The summed E-state index contributed by atoms with van der Waals surface area (Å²) >= 11 is 1.65. The van der Waals surface area contributed by atoms with Crippen molar-refractivity contribution in [3.05, 3.63) is 22.1 Å². The number of imidazole rings is 1. The van der Waals surface area contributed by atoms with Crippen molar-refractivity contribution in [2.45, 2.75) is 40.0 Å². The minimum absolute atomic E-state index is 0.0206. The molecule has 0 radical (unpaired) electrons. The van der Waals surface area contributed by atoms with Gasteiger partial charge in [0.25, 0.3) is 0 Å². The van der Waals surface area contributed by atoms with Crippen molar-refractivity contribution in [1.82, 2.24) is 15.0 Å². The molecule has 2 aromatic rings. The fraction of sp³-hybridized carbons (Fsp3) is 0.533. The molecule has 3 rings (SSSR count). The van der Waals surface area contributed by atoms with E-state index in [1.807, 2.05) is 20.8 Å². The highest BCUT2D eigenvalue weighted by molar-refractivity contribution is 7.15. The van der Waals surface area contributed by atoms with Crippen LogP contribution in [-0.4, -0.2) is 27.5 Å². The highest BCUT2D eigenvalue weighted by Gasteiger charge is 2.29. The number of hydrogen-bond donors (Lipinski definition) is 1. The molecule has 1 aliphatic carbocycles. The number of carbonyl (C=O) groups excluding carboxylic acids is 1. The summed E-state index contributed by atoms with van der Waals surface area (Å²) in [6, 6.07) is 0. The summed E-state index contributed by atoms with van der Waals surface area (Å²) in [5.41, 5.74) is 3.09. The molecule has 2 aromatic heterocycles. The van der Waals surface area contributed by atoms with Crippen LogP contribution in [0.3, 0.4) is 0 Å². The van der Waals surface area contributed by atoms with Crippen LogP contribution in [0, 0.1) is 19.8 Å². The molecule has 0 amide bonds. The second kappa shape index (κ2) is 5.60. The van der Waals surface area contributed by atoms with Crippen molar-refractivity contribution in [1.29, 1.82) is 0 Å². The molecule has 0 saturated heterocycles. The third-order valence-electron chi connectivity index (χ3n) is 3.77. The van der Waals surface area contributed by atoms with Crippen LogP contribution in [0.15, 0.2) is 0 Å². The van der Waals surface area contributed by atoms with E-state index in [0.717, 1.165) is 47.2 Å². The maximum absolute atomic E-state index is 11.9. The lowest BCUT2D eigenvalue weighted by atomic mass is 9.91. The average molecular weight is 305 g/mol. The summed E-state index contributed by atoms with van der Waals surface area (Å²) in [7, 11) is 0. The van der Waals surface area contributed by atoms with E-state index in [1.54, 1.807) is 11.3 Å². The van der Waals surface area contributed by atoms with Gasteiger partial charge in [-0.1, -0.05) is 0 Å². The van der Waals surface area contributed by atoms with E-state index in [1.165, 1.54) is 4.88 Å². The van der Waals surface area contributed by atoms with Crippen molar-refractivity contribution in [2.24, 2.45) is 5.92 Å². The number of fused-ring (bicyclic) bond motifs is 1. The van der Waals surface area contributed by atoms with Gasteiger partial charge in [0, 0.05) is 10.6 Å². The SMILES string of the molecule is CCOC(=O)C1CCc2nc(-c3nc(C)[nH]c3C)sc2C1. The molecule has 0 fully saturated rings. The number of nitrogens with one attached hydrogen (secondary N) is 1. The molecule has 6 heteroatoms. The van der Waals surface area contributed by atoms with Crippen LogP contribution in [0.4, 0.5) is 0 Å². The van der Waals surface area contributed by atoms with E-state index >= 15 is 0 Å². The predicted octanol–water partition coefficient (Wildman–Crippen LogP) is 2.82. The van der Waals surface area contributed by atoms with Gasteiger partial charge < -0.3 is 9.72 Å². The predicted molar refractivity (Wildman–Crippen MR) is 81.3 cm³/mol. The van der Waals surface area contributed by atoms with Crippen LogP contribution in [0.2, 0.25) is 0 Å². The summed E-state index contributed by atoms with van der Waals surface area (Å²) in [6.07, 6.45) is 2.42. The molecule has 112 valence electrons. The van der Waals surface area contributed by atoms with Crippen molar-refractivity contribution in [3.8, 4) is 10.7 Å². The molecule has 0 aliphatic heterocycles. The fourth-order valence-corrected chi connectivity index (χ4v) is 3.99. The number of aryl methyl sites for hydroxylation is 3. The van der Waals surface area contributed by atoms with Crippen LogP contribution in [-0.2, 0) is 22.4 Å². The third-order valence-corrected chi connectivity index (χ3v) is 4.89. The monoisotopic (exact) mass is 305 g/mol. The number of H-pyrrole nitrogens is 1. The van der Waals surface area contributed by atoms with Gasteiger partial charge in [-0.3, -0.25) is 4.79 Å². The summed E-state index contributed by atoms with van der Waals surface area (Å²) in [6.45, 7) is 6.25. The largest absolute Gasteiger partial charge is 0.466 e. The Labute approximate surface area is 127 Å². The molecule has 2 heterocycles. The molecular formula is C15H19N3O2S. The topological polar surface area (TPSA) is 67.9 Å². The number of rotatable bonds is 3. The van der Waals surface area contributed by atoms with Crippen LogP contribution in [0.25, 0.3) is 10.7 Å². The lowest BCUT2D eigenvalue weighted by Crippen LogP contribution is -2.24. The Morgan fingerprint density at radius 3 is 2.90 bits per heavy atom. The van der Waals surface area contributed by atoms with E-state index < -0.39 is 0 Å². The lowest BCUT2D eigenvalue weighted by molar-refractivity contribution is -0.148. The Balaban J connectivity index is 1.85. The first-order valence-corrected chi connectivity index (χ1v) is 8.09. The molecule has 1 N–H and O–H groups in total. The van der Waals surface area contributed by atoms with Crippen molar-refractivity contribution in [3.63, 3.8) is 0 Å². The Morgan fingerprint density at radius 2 is 2.24 bits per heavy atom. The molecule has 5 nitrogen and oxygen atoms in total. The smallest absolute Gasteiger partial charge is 0.309 e. The van der Waals surface area contributed by atoms with Crippen LogP contribution < -0.4 is 0 Å². The second-order valence-electron chi connectivity index (χ2n) is 5.38. The quantitative estimate of drug-likeness (QED) is 0.885. The molecule has 1 atom stereocenters. The Morgan fingerprint density at radius 1 is 1.43 bits per heavy atom. The van der Waals surface area contributed by atoms with Gasteiger partial charge >= 0.3 is 5.97 Å². The van der Waals surface area contributed by atoms with Gasteiger partial charge in [0.1, 0.15) is 16.5 Å². The second-order valence-corrected chi connectivity index (χ2v) is 6.46. The summed E-state index contributed by atoms with van der Waals surface area (Å²) in [4.78, 5) is 25.5. The molecule has 1 aliphatic rings. The molecule has 0 spiro atoms. The number of ether oxygens (including phenoxy) is 1. The van der Waals surface area contributed by atoms with E-state index in [4.69, 9.17) is 9.72 Å². The average Bonchev–Trinajstić information content (AvgIpc) is 3.00. The van der Waals surface area contributed by atoms with E-state index in [0.29, 0.717) is 6.61 Å². The molecule has 1 unspecified atom stereocenters. The Kier molecular flexibility index (Phi) is 3.80. The normalized spacial score (nSPS) is 17.6. The van der Waals surface area contributed by atoms with E-state index in [2.05, 4.69) is 9.97 Å². The molecule has 0 aromatic carbocycles. The Hall–Kier alpha value is -1.69. The maximum Gasteiger partial charge on any atom is 0.309 e. The number of carbonyl (C=O) groups is 1. The zero-order valence-electron chi connectivity index (χ0n) is 12.5. The summed E-state index contributed by atoms with van der Waals surface area (Å²) in [5, 5.41) is 0.950. The first-order chi connectivity index (χ1) is 10.1. The van der Waals surface area contributed by atoms with Gasteiger partial charge in [-0.05, 0) is 40.0 Å². The van der Waals surface area contributed by atoms with Crippen molar-refractivity contribution in [2.75, 3.05) is 6.61 Å². The minimum atomic E-state index is -0.0788. The van der Waals surface area contributed by atoms with Crippen molar-refractivity contribution < 1.29 is 9.53 Å². The zero-order chi connectivity index (χ0) is 15.0. The van der Waals surface area contributed by atoms with Crippen LogP contribution >= 0.6 is 11.3 Å². The lowest BCUT2D eigenvalue weighted by Gasteiger charge is -2.19. The van der Waals surface area contributed by atoms with Gasteiger partial charge in [0.15, 0.2) is 0 Å². The van der Waals surface area contributed by atoms with Gasteiger partial charge in [-0.2, -0.15) is 0 Å². The maximum atomic E-state index is 11.9. The molecule has 0 saturated carbocycles.